The summed E-state index contributed by atoms with van der Waals surface area (Å²) in [6, 6.07) is 18.7. The van der Waals surface area contributed by atoms with Crippen LogP contribution in [0.5, 0.6) is 5.75 Å². The summed E-state index contributed by atoms with van der Waals surface area (Å²) in [7, 11) is 0. The molecule has 4 rings (SSSR count). The van der Waals surface area contributed by atoms with Crippen molar-refractivity contribution in [3.8, 4) is 11.8 Å². The van der Waals surface area contributed by atoms with Crippen LogP contribution in [0.2, 0.25) is 0 Å². The van der Waals surface area contributed by atoms with E-state index in [0.29, 0.717) is 24.1 Å². The molecule has 1 aliphatic heterocycles. The number of fused-ring (bicyclic) bond motifs is 1. The third-order valence-corrected chi connectivity index (χ3v) is 5.75. The number of hydrogen-bond donors (Lipinski definition) is 0. The summed E-state index contributed by atoms with van der Waals surface area (Å²) in [6.45, 7) is 8.27. The van der Waals surface area contributed by atoms with Crippen LogP contribution in [-0.2, 0) is 6.61 Å². The maximum atomic E-state index is 8.92. The van der Waals surface area contributed by atoms with Crippen molar-refractivity contribution in [1.82, 2.24) is 4.98 Å². The summed E-state index contributed by atoms with van der Waals surface area (Å²) in [6.07, 6.45) is 2.50. The molecule has 1 atom stereocenters. The van der Waals surface area contributed by atoms with E-state index in [0.717, 1.165) is 29.1 Å². The summed E-state index contributed by atoms with van der Waals surface area (Å²) in [4.78, 5) is 7.34. The monoisotopic (exact) mass is 421 g/mol. The summed E-state index contributed by atoms with van der Waals surface area (Å²) in [5, 5.41) is 10.1. The number of aromatic nitrogens is 1. The summed E-state index contributed by atoms with van der Waals surface area (Å²) in [5.41, 5.74) is 5.01. The predicted octanol–water partition coefficient (Wildman–Crippen LogP) is 6.04. The van der Waals surface area contributed by atoms with Gasteiger partial charge in [0.2, 0.25) is 0 Å². The Morgan fingerprint density at radius 3 is 2.63 bits per heavy atom. The van der Waals surface area contributed by atoms with E-state index in [1.807, 2.05) is 36.4 Å². The van der Waals surface area contributed by atoms with Crippen LogP contribution in [0.3, 0.4) is 0 Å². The van der Waals surface area contributed by atoms with Crippen molar-refractivity contribution in [3.63, 3.8) is 0 Å². The Kier molecular flexibility index (Phi) is 6.84. The first kappa shape index (κ1) is 21.9. The van der Waals surface area contributed by atoms with E-state index in [4.69, 9.17) is 15.0 Å². The van der Waals surface area contributed by atoms with Gasteiger partial charge in [-0.2, -0.15) is 5.26 Å². The number of halogens is 1. The quantitative estimate of drug-likeness (QED) is 0.503. The summed E-state index contributed by atoms with van der Waals surface area (Å²) in [5.74, 6) is 1.45. The highest BCUT2D eigenvalue weighted by molar-refractivity contribution is 5.93. The van der Waals surface area contributed by atoms with Crippen LogP contribution in [0.1, 0.15) is 43.5 Å². The zero-order valence-corrected chi connectivity index (χ0v) is 18.6. The third kappa shape index (κ3) is 4.52. The smallest absolute Gasteiger partial charge is 0.122 e. The molecule has 0 radical (unpaired) electrons. The van der Waals surface area contributed by atoms with Crippen LogP contribution in [0, 0.1) is 24.2 Å². The molecule has 30 heavy (non-hydrogen) atoms. The molecule has 1 aromatic heterocycles. The standard InChI is InChI=1S/C25H27N3O.ClH/c1-17(2)24-5-4-12-28(24)25-13-18(3)27-23-14-21(10-11-22(23)25)29-16-20-8-6-19(15-26)7-9-20;/h6-11,13-14,17,24H,4-5,12,16H2,1-3H3;1H/t24-;/m1./s1. The largest absolute Gasteiger partial charge is 0.489 e. The number of aryl methyl sites for hydroxylation is 1. The van der Waals surface area contributed by atoms with Gasteiger partial charge in [-0.05, 0) is 61.6 Å². The first-order chi connectivity index (χ1) is 14.0. The normalized spacial score (nSPS) is 15.8. The molecule has 0 amide bonds. The lowest BCUT2D eigenvalue weighted by atomic mass is 10.0. The number of anilines is 1. The first-order valence-electron chi connectivity index (χ1n) is 10.3. The fourth-order valence-electron chi connectivity index (χ4n) is 4.27. The van der Waals surface area contributed by atoms with Crippen LogP contribution in [0.4, 0.5) is 5.69 Å². The molecule has 1 saturated heterocycles. The Morgan fingerprint density at radius 1 is 1.17 bits per heavy atom. The maximum absolute atomic E-state index is 8.92. The van der Waals surface area contributed by atoms with Crippen molar-refractivity contribution in [1.29, 1.82) is 5.26 Å². The average Bonchev–Trinajstić information content (AvgIpc) is 3.22. The molecule has 3 aromatic rings. The van der Waals surface area contributed by atoms with Gasteiger partial charge in [-0.15, -0.1) is 12.4 Å². The van der Waals surface area contributed by atoms with Gasteiger partial charge in [-0.25, -0.2) is 0 Å². The molecule has 2 aromatic carbocycles. The molecule has 0 spiro atoms. The lowest BCUT2D eigenvalue weighted by Crippen LogP contribution is -2.33. The second-order valence-corrected chi connectivity index (χ2v) is 8.21. The molecule has 0 saturated carbocycles. The number of nitrogens with zero attached hydrogens (tertiary/aromatic N) is 3. The van der Waals surface area contributed by atoms with E-state index in [1.54, 1.807) is 0 Å². The Bertz CT molecular complexity index is 1060. The Hall–Kier alpha value is -2.77. The molecule has 0 N–H and O–H groups in total. The zero-order chi connectivity index (χ0) is 20.4. The predicted molar refractivity (Wildman–Crippen MR) is 124 cm³/mol. The van der Waals surface area contributed by atoms with E-state index >= 15 is 0 Å². The fraction of sp³-hybridized carbons (Fsp3) is 0.360. The molecular weight excluding hydrogens is 394 g/mol. The molecule has 1 aliphatic rings. The van der Waals surface area contributed by atoms with Gasteiger partial charge in [0.15, 0.2) is 0 Å². The molecule has 0 aliphatic carbocycles. The van der Waals surface area contributed by atoms with Crippen LogP contribution in [-0.4, -0.2) is 17.6 Å². The second kappa shape index (κ2) is 9.36. The minimum absolute atomic E-state index is 0. The van der Waals surface area contributed by atoms with Gasteiger partial charge in [0.25, 0.3) is 0 Å². The highest BCUT2D eigenvalue weighted by atomic mass is 35.5. The maximum Gasteiger partial charge on any atom is 0.122 e. The molecule has 0 unspecified atom stereocenters. The molecule has 5 heteroatoms. The highest BCUT2D eigenvalue weighted by Crippen LogP contribution is 2.36. The lowest BCUT2D eigenvalue weighted by molar-refractivity contribution is 0.306. The van der Waals surface area contributed by atoms with Crippen molar-refractivity contribution in [2.24, 2.45) is 5.92 Å². The second-order valence-electron chi connectivity index (χ2n) is 8.21. The van der Waals surface area contributed by atoms with Crippen molar-refractivity contribution in [2.45, 2.75) is 46.3 Å². The van der Waals surface area contributed by atoms with Crippen LogP contribution >= 0.6 is 12.4 Å². The van der Waals surface area contributed by atoms with Gasteiger partial charge in [-0.3, -0.25) is 4.98 Å². The summed E-state index contributed by atoms with van der Waals surface area (Å²) < 4.78 is 6.00. The Labute approximate surface area is 184 Å². The topological polar surface area (TPSA) is 49.1 Å². The van der Waals surface area contributed by atoms with Gasteiger partial charge < -0.3 is 9.64 Å². The van der Waals surface area contributed by atoms with Crippen LogP contribution < -0.4 is 9.64 Å². The fourth-order valence-corrected chi connectivity index (χ4v) is 4.27. The van der Waals surface area contributed by atoms with E-state index in [2.05, 4.69) is 43.9 Å². The van der Waals surface area contributed by atoms with Crippen molar-refractivity contribution < 1.29 is 4.74 Å². The van der Waals surface area contributed by atoms with Gasteiger partial charge >= 0.3 is 0 Å². The van der Waals surface area contributed by atoms with E-state index in [-0.39, 0.29) is 12.4 Å². The number of benzene rings is 2. The minimum Gasteiger partial charge on any atom is -0.489 e. The molecule has 1 fully saturated rings. The average molecular weight is 422 g/mol. The first-order valence-corrected chi connectivity index (χ1v) is 10.3. The molecular formula is C25H28ClN3O. The number of ether oxygens (including phenoxy) is 1. The van der Waals surface area contributed by atoms with E-state index < -0.39 is 0 Å². The highest BCUT2D eigenvalue weighted by Gasteiger charge is 2.28. The Morgan fingerprint density at radius 2 is 1.93 bits per heavy atom. The zero-order valence-electron chi connectivity index (χ0n) is 17.8. The lowest BCUT2D eigenvalue weighted by Gasteiger charge is -2.31. The van der Waals surface area contributed by atoms with Gasteiger partial charge in [0, 0.05) is 35.4 Å². The molecule has 2 heterocycles. The van der Waals surface area contributed by atoms with Crippen molar-refractivity contribution in [3.05, 3.63) is 65.4 Å². The van der Waals surface area contributed by atoms with Crippen LogP contribution in [0.15, 0.2) is 48.5 Å². The SMILES string of the molecule is Cc1cc(N2CCC[C@@H]2C(C)C)c2ccc(OCc3ccc(C#N)cc3)cc2n1.Cl. The van der Waals surface area contributed by atoms with Gasteiger partial charge in [-0.1, -0.05) is 26.0 Å². The van der Waals surface area contributed by atoms with Crippen molar-refractivity contribution in [2.75, 3.05) is 11.4 Å². The van der Waals surface area contributed by atoms with E-state index in [1.165, 1.54) is 23.9 Å². The molecule has 4 nitrogen and oxygen atoms in total. The van der Waals surface area contributed by atoms with Crippen molar-refractivity contribution >= 4 is 29.0 Å². The number of nitriles is 1. The Balaban J connectivity index is 0.00000256. The minimum atomic E-state index is 0. The summed E-state index contributed by atoms with van der Waals surface area (Å²) >= 11 is 0. The molecule has 156 valence electrons. The third-order valence-electron chi connectivity index (χ3n) is 5.75. The number of pyridine rings is 1. The van der Waals surface area contributed by atoms with E-state index in [9.17, 15) is 0 Å². The number of rotatable bonds is 5. The van der Waals surface area contributed by atoms with Gasteiger partial charge in [0.1, 0.15) is 12.4 Å². The molecule has 0 bridgehead atoms. The van der Waals surface area contributed by atoms with Crippen LogP contribution in [0.25, 0.3) is 10.9 Å². The number of hydrogen-bond acceptors (Lipinski definition) is 4. The van der Waals surface area contributed by atoms with Gasteiger partial charge in [0.05, 0.1) is 17.1 Å².